The maximum atomic E-state index is 5.80. The summed E-state index contributed by atoms with van der Waals surface area (Å²) < 4.78 is 17.8. The summed E-state index contributed by atoms with van der Waals surface area (Å²) in [6.07, 6.45) is 5.11. The lowest BCUT2D eigenvalue weighted by Gasteiger charge is -2.21. The molecule has 0 radical (unpaired) electrons. The Hall–Kier alpha value is -2.93. The van der Waals surface area contributed by atoms with Gasteiger partial charge in [-0.3, -0.25) is 0 Å². The molecular formula is C22H18BrN3O3. The van der Waals surface area contributed by atoms with Crippen LogP contribution in [0.15, 0.2) is 68.2 Å². The summed E-state index contributed by atoms with van der Waals surface area (Å²) in [4.78, 5) is 8.97. The Morgan fingerprint density at radius 3 is 2.52 bits per heavy atom. The van der Waals surface area contributed by atoms with Gasteiger partial charge in [-0.25, -0.2) is 4.98 Å². The van der Waals surface area contributed by atoms with Gasteiger partial charge in [0.1, 0.15) is 24.3 Å². The summed E-state index contributed by atoms with van der Waals surface area (Å²) >= 11 is 3.42. The quantitative estimate of drug-likeness (QED) is 0.357. The van der Waals surface area contributed by atoms with Crippen molar-refractivity contribution in [1.82, 2.24) is 15.1 Å². The molecule has 29 heavy (non-hydrogen) atoms. The van der Waals surface area contributed by atoms with Gasteiger partial charge in [-0.1, -0.05) is 39.6 Å². The maximum absolute atomic E-state index is 5.80. The molecule has 2 aromatic heterocycles. The molecular weight excluding hydrogens is 434 g/mol. The predicted octanol–water partition coefficient (Wildman–Crippen LogP) is 6.00. The Kier molecular flexibility index (Phi) is 4.89. The predicted molar refractivity (Wildman–Crippen MR) is 110 cm³/mol. The molecule has 0 spiro atoms. The zero-order chi connectivity index (χ0) is 19.6. The molecule has 5 rings (SSSR count). The smallest absolute Gasteiger partial charge is 0.258 e. The molecule has 1 fully saturated rings. The Labute approximate surface area is 176 Å². The van der Waals surface area contributed by atoms with E-state index in [4.69, 9.17) is 13.7 Å². The Bertz CT molecular complexity index is 1100. The van der Waals surface area contributed by atoms with E-state index in [2.05, 4.69) is 31.1 Å². The first-order valence-corrected chi connectivity index (χ1v) is 10.3. The van der Waals surface area contributed by atoms with Gasteiger partial charge in [-0.15, -0.1) is 0 Å². The van der Waals surface area contributed by atoms with E-state index < -0.39 is 0 Å². The average Bonchev–Trinajstić information content (AvgIpc) is 3.37. The molecule has 2 aromatic carbocycles. The van der Waals surface area contributed by atoms with Crippen LogP contribution >= 0.6 is 15.9 Å². The topological polar surface area (TPSA) is 74.2 Å². The molecule has 1 aliphatic carbocycles. The van der Waals surface area contributed by atoms with Crippen molar-refractivity contribution in [3.05, 3.63) is 70.7 Å². The minimum Gasteiger partial charge on any atom is -0.489 e. The first-order valence-electron chi connectivity index (χ1n) is 9.52. The van der Waals surface area contributed by atoms with Crippen LogP contribution in [0.2, 0.25) is 0 Å². The molecule has 146 valence electrons. The molecule has 0 atom stereocenters. The van der Waals surface area contributed by atoms with Gasteiger partial charge in [0.2, 0.25) is 5.82 Å². The lowest BCUT2D eigenvalue weighted by Crippen LogP contribution is -2.08. The van der Waals surface area contributed by atoms with E-state index in [0.29, 0.717) is 29.9 Å². The van der Waals surface area contributed by atoms with Crippen LogP contribution in [0.3, 0.4) is 0 Å². The third kappa shape index (κ3) is 3.96. The standard InChI is InChI=1S/C22H18BrN3O3/c23-17-8-10-18(11-9-17)27-12-14-4-6-16(7-5-14)22-25-20(26-29-22)19-13-28-21(24-19)15-2-1-3-15/h4-11,13,15H,1-3,12H2. The van der Waals surface area contributed by atoms with E-state index in [0.717, 1.165) is 40.1 Å². The van der Waals surface area contributed by atoms with Crippen LogP contribution in [0.5, 0.6) is 5.75 Å². The number of halogens is 1. The normalized spacial score (nSPS) is 14.0. The van der Waals surface area contributed by atoms with Crippen LogP contribution in [0.4, 0.5) is 0 Å². The number of hydrogen-bond donors (Lipinski definition) is 0. The van der Waals surface area contributed by atoms with Crippen LogP contribution in [-0.4, -0.2) is 15.1 Å². The first-order chi connectivity index (χ1) is 14.2. The van der Waals surface area contributed by atoms with Crippen molar-refractivity contribution in [2.75, 3.05) is 0 Å². The van der Waals surface area contributed by atoms with Crippen molar-refractivity contribution in [2.24, 2.45) is 0 Å². The average molecular weight is 452 g/mol. The molecule has 0 aliphatic heterocycles. The van der Waals surface area contributed by atoms with Gasteiger partial charge in [-0.2, -0.15) is 4.98 Å². The van der Waals surface area contributed by atoms with Crippen LogP contribution in [0, 0.1) is 0 Å². The SMILES string of the molecule is Brc1ccc(OCc2ccc(-c3nc(-c4coc(C5CCC5)n4)no3)cc2)cc1. The summed E-state index contributed by atoms with van der Waals surface area (Å²) in [5, 5.41) is 4.05. The molecule has 2 heterocycles. The number of hydrogen-bond acceptors (Lipinski definition) is 6. The highest BCUT2D eigenvalue weighted by atomic mass is 79.9. The Morgan fingerprint density at radius 2 is 1.79 bits per heavy atom. The zero-order valence-electron chi connectivity index (χ0n) is 15.5. The fraction of sp³-hybridized carbons (Fsp3) is 0.227. The number of benzene rings is 2. The number of ether oxygens (including phenoxy) is 1. The van der Waals surface area contributed by atoms with Gasteiger partial charge in [0.25, 0.3) is 5.89 Å². The van der Waals surface area contributed by atoms with Gasteiger partial charge >= 0.3 is 0 Å². The number of oxazole rings is 1. The van der Waals surface area contributed by atoms with Crippen LogP contribution < -0.4 is 4.74 Å². The summed E-state index contributed by atoms with van der Waals surface area (Å²) in [6.45, 7) is 0.486. The van der Waals surface area contributed by atoms with Crippen molar-refractivity contribution in [1.29, 1.82) is 0 Å². The third-order valence-corrected chi connectivity index (χ3v) is 5.58. The maximum Gasteiger partial charge on any atom is 0.258 e. The van der Waals surface area contributed by atoms with E-state index in [9.17, 15) is 0 Å². The molecule has 0 amide bonds. The van der Waals surface area contributed by atoms with Gasteiger partial charge in [-0.05, 0) is 54.8 Å². The second-order valence-electron chi connectivity index (χ2n) is 7.06. The van der Waals surface area contributed by atoms with Gasteiger partial charge in [0.15, 0.2) is 5.89 Å². The Balaban J connectivity index is 1.25. The highest BCUT2D eigenvalue weighted by Crippen LogP contribution is 2.36. The highest BCUT2D eigenvalue weighted by molar-refractivity contribution is 9.10. The number of nitrogens with zero attached hydrogens (tertiary/aromatic N) is 3. The monoisotopic (exact) mass is 451 g/mol. The second-order valence-corrected chi connectivity index (χ2v) is 7.98. The highest BCUT2D eigenvalue weighted by Gasteiger charge is 2.25. The molecule has 7 heteroatoms. The Morgan fingerprint density at radius 1 is 1.00 bits per heavy atom. The second kappa shape index (κ2) is 7.83. The summed E-state index contributed by atoms with van der Waals surface area (Å²) in [5.41, 5.74) is 2.51. The van der Waals surface area contributed by atoms with Crippen LogP contribution in [-0.2, 0) is 6.61 Å². The van der Waals surface area contributed by atoms with E-state index in [1.54, 1.807) is 6.26 Å². The molecule has 0 N–H and O–H groups in total. The summed E-state index contributed by atoms with van der Waals surface area (Å²) in [6, 6.07) is 15.6. The summed E-state index contributed by atoms with van der Waals surface area (Å²) in [7, 11) is 0. The molecule has 6 nitrogen and oxygen atoms in total. The van der Waals surface area contributed by atoms with E-state index >= 15 is 0 Å². The fourth-order valence-corrected chi connectivity index (χ4v) is 3.38. The van der Waals surface area contributed by atoms with Crippen molar-refractivity contribution in [2.45, 2.75) is 31.8 Å². The number of rotatable bonds is 6. The van der Waals surface area contributed by atoms with Crippen molar-refractivity contribution < 1.29 is 13.7 Å². The molecule has 0 unspecified atom stereocenters. The van der Waals surface area contributed by atoms with Gasteiger partial charge < -0.3 is 13.7 Å². The minimum absolute atomic E-state index is 0.433. The van der Waals surface area contributed by atoms with Gasteiger partial charge in [0.05, 0.1) is 0 Å². The van der Waals surface area contributed by atoms with Crippen molar-refractivity contribution in [3.8, 4) is 28.7 Å². The van der Waals surface area contributed by atoms with Gasteiger partial charge in [0, 0.05) is 16.0 Å². The molecule has 1 aliphatic rings. The van der Waals surface area contributed by atoms with E-state index in [1.807, 2.05) is 48.5 Å². The first kappa shape index (κ1) is 18.1. The van der Waals surface area contributed by atoms with Crippen LogP contribution in [0.1, 0.15) is 36.6 Å². The molecule has 0 bridgehead atoms. The molecule has 1 saturated carbocycles. The lowest BCUT2D eigenvalue weighted by molar-refractivity contribution is 0.306. The zero-order valence-corrected chi connectivity index (χ0v) is 17.1. The minimum atomic E-state index is 0.433. The molecule has 4 aromatic rings. The molecule has 0 saturated heterocycles. The summed E-state index contributed by atoms with van der Waals surface area (Å²) in [5.74, 6) is 2.92. The van der Waals surface area contributed by atoms with Crippen molar-refractivity contribution in [3.63, 3.8) is 0 Å². The third-order valence-electron chi connectivity index (χ3n) is 5.05. The van der Waals surface area contributed by atoms with E-state index in [1.165, 1.54) is 6.42 Å². The van der Waals surface area contributed by atoms with Crippen molar-refractivity contribution >= 4 is 15.9 Å². The number of aromatic nitrogens is 3. The fourth-order valence-electron chi connectivity index (χ4n) is 3.12. The lowest BCUT2D eigenvalue weighted by atomic mass is 9.85. The van der Waals surface area contributed by atoms with Crippen LogP contribution in [0.25, 0.3) is 23.0 Å². The largest absolute Gasteiger partial charge is 0.489 e. The van der Waals surface area contributed by atoms with E-state index in [-0.39, 0.29) is 0 Å².